The summed E-state index contributed by atoms with van der Waals surface area (Å²) in [7, 11) is 0. The second kappa shape index (κ2) is 5.20. The molecule has 0 radical (unpaired) electrons. The average molecular weight is 200 g/mol. The van der Waals surface area contributed by atoms with Crippen molar-refractivity contribution in [2.45, 2.75) is 20.3 Å². The van der Waals surface area contributed by atoms with Crippen molar-refractivity contribution >= 4 is 6.09 Å². The van der Waals surface area contributed by atoms with E-state index in [2.05, 4.69) is 18.7 Å². The van der Waals surface area contributed by atoms with Crippen molar-refractivity contribution in [3.8, 4) is 0 Å². The highest BCUT2D eigenvalue weighted by molar-refractivity contribution is 5.65. The van der Waals surface area contributed by atoms with E-state index in [1.165, 1.54) is 11.3 Å². The zero-order chi connectivity index (χ0) is 10.6. The molecule has 1 rings (SSSR count). The molecule has 1 saturated heterocycles. The molecule has 0 aromatic rings. The zero-order valence-corrected chi connectivity index (χ0v) is 9.07. The van der Waals surface area contributed by atoms with Gasteiger partial charge < -0.3 is 10.0 Å². The minimum atomic E-state index is -0.784. The van der Waals surface area contributed by atoms with Gasteiger partial charge >= 0.3 is 6.09 Å². The second-order valence-corrected chi connectivity index (χ2v) is 4.08. The maximum Gasteiger partial charge on any atom is 0.407 e. The molecule has 0 aromatic carbocycles. The van der Waals surface area contributed by atoms with E-state index in [4.69, 9.17) is 5.11 Å². The number of carboxylic acid groups (broad SMARTS) is 1. The van der Waals surface area contributed by atoms with Gasteiger partial charge in [-0.05, 0) is 5.92 Å². The van der Waals surface area contributed by atoms with Crippen molar-refractivity contribution in [1.29, 1.82) is 0 Å². The largest absolute Gasteiger partial charge is 0.465 e. The van der Waals surface area contributed by atoms with Gasteiger partial charge in [0.05, 0.1) is 0 Å². The van der Waals surface area contributed by atoms with E-state index < -0.39 is 6.09 Å². The Morgan fingerprint density at radius 3 is 2.36 bits per heavy atom. The predicted octanol–water partition coefficient (Wildman–Crippen LogP) is 1.33. The Balaban J connectivity index is 2.25. The van der Waals surface area contributed by atoms with Gasteiger partial charge in [-0.1, -0.05) is 20.3 Å². The molecule has 0 saturated carbocycles. The van der Waals surface area contributed by atoms with E-state index >= 15 is 0 Å². The Morgan fingerprint density at radius 2 is 1.93 bits per heavy atom. The molecular formula is C10H20N2O2. The fraction of sp³-hybridized carbons (Fsp3) is 0.900. The third kappa shape index (κ3) is 3.18. The summed E-state index contributed by atoms with van der Waals surface area (Å²) >= 11 is 0. The Kier molecular flexibility index (Phi) is 4.20. The van der Waals surface area contributed by atoms with Gasteiger partial charge in [0.15, 0.2) is 0 Å². The lowest BCUT2D eigenvalue weighted by Crippen LogP contribution is -2.49. The smallest absolute Gasteiger partial charge is 0.407 e. The normalized spacial score (nSPS) is 20.9. The first-order chi connectivity index (χ1) is 6.63. The molecule has 4 nitrogen and oxygen atoms in total. The summed E-state index contributed by atoms with van der Waals surface area (Å²) in [4.78, 5) is 14.5. The van der Waals surface area contributed by atoms with Gasteiger partial charge in [-0.3, -0.25) is 4.90 Å². The minimum absolute atomic E-state index is 0.658. The lowest BCUT2D eigenvalue weighted by Gasteiger charge is -2.34. The monoisotopic (exact) mass is 200 g/mol. The number of amides is 1. The van der Waals surface area contributed by atoms with Crippen LogP contribution in [-0.4, -0.2) is 53.7 Å². The summed E-state index contributed by atoms with van der Waals surface area (Å²) in [5, 5.41) is 8.76. The summed E-state index contributed by atoms with van der Waals surface area (Å²) < 4.78 is 0. The van der Waals surface area contributed by atoms with Crippen molar-refractivity contribution in [3.63, 3.8) is 0 Å². The Hall–Kier alpha value is -0.770. The van der Waals surface area contributed by atoms with Crippen molar-refractivity contribution in [2.24, 2.45) is 5.92 Å². The second-order valence-electron chi connectivity index (χ2n) is 4.08. The molecular weight excluding hydrogens is 180 g/mol. The van der Waals surface area contributed by atoms with E-state index in [9.17, 15) is 4.79 Å². The van der Waals surface area contributed by atoms with Crippen LogP contribution in [-0.2, 0) is 0 Å². The average Bonchev–Trinajstić information content (AvgIpc) is 2.18. The molecule has 0 aromatic heterocycles. The van der Waals surface area contributed by atoms with Crippen LogP contribution in [0, 0.1) is 5.92 Å². The molecule has 1 N–H and O–H groups in total. The molecule has 0 bridgehead atoms. The molecule has 0 spiro atoms. The Bertz CT molecular complexity index is 189. The molecule has 4 heteroatoms. The number of hydrogen-bond acceptors (Lipinski definition) is 2. The first-order valence-electron chi connectivity index (χ1n) is 5.33. The SMILES string of the molecule is CC[C@@H](C)CN1CCN(C(=O)O)CC1. The molecule has 1 aliphatic heterocycles. The minimum Gasteiger partial charge on any atom is -0.465 e. The Labute approximate surface area is 85.5 Å². The van der Waals surface area contributed by atoms with Crippen molar-refractivity contribution in [1.82, 2.24) is 9.80 Å². The number of carbonyl (C=O) groups is 1. The topological polar surface area (TPSA) is 43.8 Å². The van der Waals surface area contributed by atoms with E-state index in [1.807, 2.05) is 0 Å². The molecule has 1 atom stereocenters. The molecule has 82 valence electrons. The van der Waals surface area contributed by atoms with Gasteiger partial charge in [0.1, 0.15) is 0 Å². The zero-order valence-electron chi connectivity index (χ0n) is 9.07. The van der Waals surface area contributed by atoms with Crippen LogP contribution in [0.15, 0.2) is 0 Å². The van der Waals surface area contributed by atoms with Crippen LogP contribution in [0.2, 0.25) is 0 Å². The number of piperazine rings is 1. The number of hydrogen-bond donors (Lipinski definition) is 1. The van der Waals surface area contributed by atoms with Crippen LogP contribution >= 0.6 is 0 Å². The Morgan fingerprint density at radius 1 is 1.36 bits per heavy atom. The molecule has 1 amide bonds. The third-order valence-corrected chi connectivity index (χ3v) is 2.91. The standard InChI is InChI=1S/C10H20N2O2/c1-3-9(2)8-11-4-6-12(7-5-11)10(13)14/h9H,3-8H2,1-2H3,(H,13,14)/t9-/m1/s1. The van der Waals surface area contributed by atoms with Crippen LogP contribution < -0.4 is 0 Å². The van der Waals surface area contributed by atoms with Crippen LogP contribution in [0.25, 0.3) is 0 Å². The van der Waals surface area contributed by atoms with E-state index in [0.717, 1.165) is 19.6 Å². The van der Waals surface area contributed by atoms with Crippen LogP contribution in [0.5, 0.6) is 0 Å². The van der Waals surface area contributed by atoms with Crippen molar-refractivity contribution in [3.05, 3.63) is 0 Å². The maximum atomic E-state index is 10.6. The van der Waals surface area contributed by atoms with Gasteiger partial charge in [0.2, 0.25) is 0 Å². The molecule has 1 heterocycles. The van der Waals surface area contributed by atoms with Crippen LogP contribution in [0.3, 0.4) is 0 Å². The van der Waals surface area contributed by atoms with E-state index in [1.54, 1.807) is 0 Å². The first-order valence-corrected chi connectivity index (χ1v) is 5.33. The highest BCUT2D eigenvalue weighted by Gasteiger charge is 2.20. The van der Waals surface area contributed by atoms with Crippen LogP contribution in [0.4, 0.5) is 4.79 Å². The van der Waals surface area contributed by atoms with Crippen molar-refractivity contribution in [2.75, 3.05) is 32.7 Å². The van der Waals surface area contributed by atoms with Gasteiger partial charge in [-0.2, -0.15) is 0 Å². The maximum absolute atomic E-state index is 10.6. The van der Waals surface area contributed by atoms with Crippen LogP contribution in [0.1, 0.15) is 20.3 Å². The highest BCUT2D eigenvalue weighted by atomic mass is 16.4. The first kappa shape index (κ1) is 11.3. The lowest BCUT2D eigenvalue weighted by atomic mass is 10.1. The molecule has 1 fully saturated rings. The van der Waals surface area contributed by atoms with Crippen molar-refractivity contribution < 1.29 is 9.90 Å². The number of nitrogens with zero attached hydrogens (tertiary/aromatic N) is 2. The van der Waals surface area contributed by atoms with Gasteiger partial charge in [0.25, 0.3) is 0 Å². The van der Waals surface area contributed by atoms with Gasteiger partial charge in [-0.25, -0.2) is 4.79 Å². The third-order valence-electron chi connectivity index (χ3n) is 2.91. The van der Waals surface area contributed by atoms with Gasteiger partial charge in [0, 0.05) is 32.7 Å². The molecule has 14 heavy (non-hydrogen) atoms. The fourth-order valence-corrected chi connectivity index (χ4v) is 1.69. The quantitative estimate of drug-likeness (QED) is 0.747. The summed E-state index contributed by atoms with van der Waals surface area (Å²) in [6.07, 6.45) is 0.410. The highest BCUT2D eigenvalue weighted by Crippen LogP contribution is 2.07. The predicted molar refractivity (Wildman–Crippen MR) is 55.5 cm³/mol. The molecule has 0 unspecified atom stereocenters. The number of rotatable bonds is 3. The molecule has 0 aliphatic carbocycles. The van der Waals surface area contributed by atoms with Gasteiger partial charge in [-0.15, -0.1) is 0 Å². The molecule has 1 aliphatic rings. The summed E-state index contributed by atoms with van der Waals surface area (Å²) in [6, 6.07) is 0. The lowest BCUT2D eigenvalue weighted by molar-refractivity contribution is 0.0992. The van der Waals surface area contributed by atoms with E-state index in [0.29, 0.717) is 19.0 Å². The fourth-order valence-electron chi connectivity index (χ4n) is 1.69. The summed E-state index contributed by atoms with van der Waals surface area (Å²) in [6.45, 7) is 8.62. The summed E-state index contributed by atoms with van der Waals surface area (Å²) in [5.74, 6) is 0.714. The summed E-state index contributed by atoms with van der Waals surface area (Å²) in [5.41, 5.74) is 0. The van der Waals surface area contributed by atoms with E-state index in [-0.39, 0.29) is 0 Å².